The molecule has 1 aromatic carbocycles. The third-order valence-corrected chi connectivity index (χ3v) is 4.06. The lowest BCUT2D eigenvalue weighted by Gasteiger charge is -2.32. The van der Waals surface area contributed by atoms with Crippen LogP contribution in [0.25, 0.3) is 0 Å². The van der Waals surface area contributed by atoms with E-state index >= 15 is 0 Å². The van der Waals surface area contributed by atoms with Crippen molar-refractivity contribution in [3.05, 3.63) is 34.6 Å². The van der Waals surface area contributed by atoms with Gasteiger partial charge < -0.3 is 10.2 Å². The van der Waals surface area contributed by atoms with Crippen LogP contribution in [0.3, 0.4) is 0 Å². The third kappa shape index (κ3) is 3.70. The molecule has 1 N–H and O–H groups in total. The predicted molar refractivity (Wildman–Crippen MR) is 78.6 cm³/mol. The van der Waals surface area contributed by atoms with Crippen LogP contribution in [0, 0.1) is 11.7 Å². The first-order valence-electron chi connectivity index (χ1n) is 7.07. The van der Waals surface area contributed by atoms with Crippen LogP contribution in [0.1, 0.15) is 30.1 Å². The lowest BCUT2D eigenvalue weighted by atomic mass is 9.96. The molecule has 0 radical (unpaired) electrons. The van der Waals surface area contributed by atoms with E-state index in [0.29, 0.717) is 11.5 Å². The molecule has 0 aromatic heterocycles. The minimum atomic E-state index is -0.542. The van der Waals surface area contributed by atoms with E-state index in [4.69, 9.17) is 11.6 Å². The number of likely N-dealkylation sites (tertiary alicyclic amines) is 1. The van der Waals surface area contributed by atoms with Gasteiger partial charge in [-0.3, -0.25) is 4.79 Å². The van der Waals surface area contributed by atoms with Gasteiger partial charge in [-0.25, -0.2) is 4.39 Å². The molecule has 1 aromatic rings. The maximum Gasteiger partial charge on any atom is 0.253 e. The Balaban J connectivity index is 1.92. The summed E-state index contributed by atoms with van der Waals surface area (Å²) < 4.78 is 13.4. The topological polar surface area (TPSA) is 32.3 Å². The molecule has 20 heavy (non-hydrogen) atoms. The summed E-state index contributed by atoms with van der Waals surface area (Å²) in [5.74, 6) is -0.0250. The highest BCUT2D eigenvalue weighted by molar-refractivity contribution is 6.30. The maximum atomic E-state index is 13.4. The van der Waals surface area contributed by atoms with Crippen molar-refractivity contribution in [2.75, 3.05) is 26.2 Å². The minimum Gasteiger partial charge on any atom is -0.339 e. The summed E-state index contributed by atoms with van der Waals surface area (Å²) in [6, 6.07) is 4.23. The first-order chi connectivity index (χ1) is 9.61. The summed E-state index contributed by atoms with van der Waals surface area (Å²) >= 11 is 5.63. The Morgan fingerprint density at radius 2 is 2.15 bits per heavy atom. The number of amides is 1. The van der Waals surface area contributed by atoms with Crippen molar-refractivity contribution in [3.63, 3.8) is 0 Å². The van der Waals surface area contributed by atoms with E-state index in [2.05, 4.69) is 12.2 Å². The van der Waals surface area contributed by atoms with Crippen LogP contribution in [-0.2, 0) is 0 Å². The molecular formula is C15H20ClFN2O. The zero-order valence-electron chi connectivity index (χ0n) is 11.7. The molecule has 0 spiro atoms. The van der Waals surface area contributed by atoms with Gasteiger partial charge in [0.25, 0.3) is 5.91 Å². The summed E-state index contributed by atoms with van der Waals surface area (Å²) in [5, 5.41) is 3.39. The summed E-state index contributed by atoms with van der Waals surface area (Å²) in [5.41, 5.74) is 0.372. The highest BCUT2D eigenvalue weighted by atomic mass is 35.5. The molecule has 2 rings (SSSR count). The fourth-order valence-electron chi connectivity index (χ4n) is 2.50. The summed E-state index contributed by atoms with van der Waals surface area (Å²) in [6.07, 6.45) is 1.99. The highest BCUT2D eigenvalue weighted by Crippen LogP contribution is 2.21. The third-order valence-electron chi connectivity index (χ3n) is 3.75. The van der Waals surface area contributed by atoms with Gasteiger partial charge in [0.2, 0.25) is 0 Å². The van der Waals surface area contributed by atoms with E-state index in [0.717, 1.165) is 39.0 Å². The van der Waals surface area contributed by atoms with Crippen LogP contribution in [0.5, 0.6) is 0 Å². The zero-order chi connectivity index (χ0) is 14.5. The first kappa shape index (κ1) is 15.3. The summed E-state index contributed by atoms with van der Waals surface area (Å²) in [7, 11) is 0. The molecule has 0 unspecified atom stereocenters. The van der Waals surface area contributed by atoms with Gasteiger partial charge in [-0.05, 0) is 50.0 Å². The molecule has 1 aliphatic heterocycles. The van der Waals surface area contributed by atoms with Crippen LogP contribution in [0.15, 0.2) is 18.2 Å². The molecule has 5 heteroatoms. The van der Waals surface area contributed by atoms with Gasteiger partial charge in [0, 0.05) is 18.7 Å². The van der Waals surface area contributed by atoms with Gasteiger partial charge in [-0.2, -0.15) is 0 Å². The van der Waals surface area contributed by atoms with Gasteiger partial charge in [-0.1, -0.05) is 18.5 Å². The minimum absolute atomic E-state index is 0.0471. The smallest absolute Gasteiger partial charge is 0.253 e. The largest absolute Gasteiger partial charge is 0.339 e. The molecule has 1 aliphatic rings. The van der Waals surface area contributed by atoms with Gasteiger partial charge in [0.1, 0.15) is 5.82 Å². The predicted octanol–water partition coefficient (Wildman–Crippen LogP) is 2.94. The van der Waals surface area contributed by atoms with Gasteiger partial charge in [-0.15, -0.1) is 0 Å². The second kappa shape index (κ2) is 7.04. The normalized spacial score (nSPS) is 16.4. The lowest BCUT2D eigenvalue weighted by Crippen LogP contribution is -2.40. The number of benzene rings is 1. The Morgan fingerprint density at radius 1 is 1.45 bits per heavy atom. The number of hydrogen-bond donors (Lipinski definition) is 1. The molecule has 1 heterocycles. The van der Waals surface area contributed by atoms with Crippen molar-refractivity contribution in [3.8, 4) is 0 Å². The van der Waals surface area contributed by atoms with Crippen molar-refractivity contribution in [1.82, 2.24) is 10.2 Å². The van der Waals surface area contributed by atoms with E-state index in [-0.39, 0.29) is 10.9 Å². The molecule has 0 aliphatic carbocycles. The van der Waals surface area contributed by atoms with Crippen molar-refractivity contribution in [1.29, 1.82) is 0 Å². The van der Waals surface area contributed by atoms with E-state index in [9.17, 15) is 9.18 Å². The first-order valence-corrected chi connectivity index (χ1v) is 7.44. The Bertz CT molecular complexity index is 473. The van der Waals surface area contributed by atoms with Crippen LogP contribution >= 0.6 is 11.6 Å². The van der Waals surface area contributed by atoms with Gasteiger partial charge in [0.05, 0.1) is 5.02 Å². The molecule has 0 bridgehead atoms. The summed E-state index contributed by atoms with van der Waals surface area (Å²) in [6.45, 7) is 5.54. The van der Waals surface area contributed by atoms with Crippen LogP contribution < -0.4 is 5.32 Å². The second-order valence-electron chi connectivity index (χ2n) is 5.17. The monoisotopic (exact) mass is 298 g/mol. The fraction of sp³-hybridized carbons (Fsp3) is 0.533. The van der Waals surface area contributed by atoms with E-state index in [1.165, 1.54) is 12.1 Å². The van der Waals surface area contributed by atoms with Crippen molar-refractivity contribution in [2.45, 2.75) is 19.8 Å². The molecular weight excluding hydrogens is 279 g/mol. The number of hydrogen-bond acceptors (Lipinski definition) is 2. The Hall–Kier alpha value is -1.13. The Labute approximate surface area is 124 Å². The number of nitrogens with one attached hydrogen (secondary N) is 1. The molecule has 0 atom stereocenters. The van der Waals surface area contributed by atoms with Crippen molar-refractivity contribution < 1.29 is 9.18 Å². The quantitative estimate of drug-likeness (QED) is 0.927. The lowest BCUT2D eigenvalue weighted by molar-refractivity contribution is 0.0690. The number of nitrogens with zero attached hydrogens (tertiary/aromatic N) is 1. The van der Waals surface area contributed by atoms with Crippen molar-refractivity contribution >= 4 is 17.5 Å². The van der Waals surface area contributed by atoms with E-state index in [1.807, 2.05) is 0 Å². The SMILES string of the molecule is CCNCC1CCN(C(=O)c2ccc(Cl)c(F)c2)CC1. The standard InChI is InChI=1S/C15H20ClFN2O/c1-2-18-10-11-5-7-19(8-6-11)15(20)12-3-4-13(16)14(17)9-12/h3-4,9,11,18H,2,5-8,10H2,1H3. The number of piperidine rings is 1. The second-order valence-corrected chi connectivity index (χ2v) is 5.58. The fourth-order valence-corrected chi connectivity index (χ4v) is 2.62. The average Bonchev–Trinajstić information content (AvgIpc) is 2.48. The zero-order valence-corrected chi connectivity index (χ0v) is 12.4. The molecule has 1 amide bonds. The molecule has 1 saturated heterocycles. The van der Waals surface area contributed by atoms with Crippen LogP contribution in [-0.4, -0.2) is 37.0 Å². The Morgan fingerprint density at radius 3 is 2.75 bits per heavy atom. The highest BCUT2D eigenvalue weighted by Gasteiger charge is 2.23. The summed E-state index contributed by atoms with van der Waals surface area (Å²) in [4.78, 5) is 14.1. The molecule has 110 valence electrons. The van der Waals surface area contributed by atoms with Crippen LogP contribution in [0.2, 0.25) is 5.02 Å². The number of halogens is 2. The Kier molecular flexibility index (Phi) is 5.38. The average molecular weight is 299 g/mol. The van der Waals surface area contributed by atoms with Gasteiger partial charge in [0.15, 0.2) is 0 Å². The van der Waals surface area contributed by atoms with E-state index < -0.39 is 5.82 Å². The number of carbonyl (C=O) groups is 1. The molecule has 0 saturated carbocycles. The van der Waals surface area contributed by atoms with Crippen LogP contribution in [0.4, 0.5) is 4.39 Å². The number of rotatable bonds is 4. The number of carbonyl (C=O) groups excluding carboxylic acids is 1. The van der Waals surface area contributed by atoms with E-state index in [1.54, 1.807) is 11.0 Å². The maximum absolute atomic E-state index is 13.4. The van der Waals surface area contributed by atoms with Crippen molar-refractivity contribution in [2.24, 2.45) is 5.92 Å². The molecule has 3 nitrogen and oxygen atoms in total. The van der Waals surface area contributed by atoms with Gasteiger partial charge >= 0.3 is 0 Å². The molecule has 1 fully saturated rings.